The Balaban J connectivity index is 1.24. The quantitative estimate of drug-likeness (QED) is 0.217. The molecule has 0 amide bonds. The Bertz CT molecular complexity index is 1500. The van der Waals surface area contributed by atoms with Gasteiger partial charge in [-0.2, -0.15) is 11.8 Å². The smallest absolute Gasteiger partial charge is 0.142 e. The molecule has 0 radical (unpaired) electrons. The van der Waals surface area contributed by atoms with E-state index in [1.54, 1.807) is 7.11 Å². The number of aliphatic hydroxyl groups is 1. The van der Waals surface area contributed by atoms with E-state index >= 15 is 0 Å². The number of ether oxygens (including phenoxy) is 3. The van der Waals surface area contributed by atoms with Gasteiger partial charge in [-0.1, -0.05) is 47.6 Å². The molecule has 2 aliphatic carbocycles. The third-order valence-corrected chi connectivity index (χ3v) is 11.7. The van der Waals surface area contributed by atoms with Gasteiger partial charge in [-0.25, -0.2) is 0 Å². The average molecular weight is 680 g/mol. The average Bonchev–Trinajstić information content (AvgIpc) is 3.85. The van der Waals surface area contributed by atoms with Crippen LogP contribution in [0.25, 0.3) is 0 Å². The van der Waals surface area contributed by atoms with Crippen molar-refractivity contribution in [1.82, 2.24) is 5.32 Å². The van der Waals surface area contributed by atoms with Gasteiger partial charge in [0.2, 0.25) is 0 Å². The van der Waals surface area contributed by atoms with Crippen molar-refractivity contribution < 1.29 is 24.2 Å². The van der Waals surface area contributed by atoms with Crippen LogP contribution in [0.4, 0.5) is 0 Å². The van der Waals surface area contributed by atoms with E-state index in [0.717, 1.165) is 58.2 Å². The maximum Gasteiger partial charge on any atom is 0.142 e. The number of oxime groups is 1. The number of hydrogen-bond acceptors (Lipinski definition) is 8. The van der Waals surface area contributed by atoms with Crippen molar-refractivity contribution in [3.63, 3.8) is 0 Å². The minimum absolute atomic E-state index is 0.0500. The third-order valence-electron chi connectivity index (χ3n) is 9.42. The first-order valence-corrected chi connectivity index (χ1v) is 17.4. The van der Waals surface area contributed by atoms with Crippen molar-refractivity contribution in [3.05, 3.63) is 87.4 Å². The summed E-state index contributed by atoms with van der Waals surface area (Å²) in [6.45, 7) is 1.89. The summed E-state index contributed by atoms with van der Waals surface area (Å²) in [7, 11) is 1.69. The highest BCUT2D eigenvalue weighted by atomic mass is 79.9. The molecule has 2 N–H and O–H groups in total. The van der Waals surface area contributed by atoms with Gasteiger partial charge in [0.25, 0.3) is 0 Å². The molecular weight excluding hydrogens is 640 g/mol. The number of aliphatic hydroxyl groups excluding tert-OH is 1. The highest BCUT2D eigenvalue weighted by Crippen LogP contribution is 2.61. The van der Waals surface area contributed by atoms with Gasteiger partial charge in [-0.3, -0.25) is 0 Å². The van der Waals surface area contributed by atoms with Crippen LogP contribution < -0.4 is 19.5 Å². The summed E-state index contributed by atoms with van der Waals surface area (Å²) >= 11 is 5.85. The Labute approximate surface area is 271 Å². The van der Waals surface area contributed by atoms with Crippen molar-refractivity contribution in [2.75, 3.05) is 20.3 Å². The fourth-order valence-corrected chi connectivity index (χ4v) is 8.99. The van der Waals surface area contributed by atoms with Crippen LogP contribution in [-0.2, 0) is 29.2 Å². The lowest BCUT2D eigenvalue weighted by atomic mass is 9.64. The van der Waals surface area contributed by atoms with Crippen molar-refractivity contribution in [3.8, 4) is 17.2 Å². The number of nitrogens with zero attached hydrogens (tertiary/aromatic N) is 1. The van der Waals surface area contributed by atoms with Gasteiger partial charge in [0.05, 0.1) is 31.5 Å². The first kappa shape index (κ1) is 30.0. The van der Waals surface area contributed by atoms with Gasteiger partial charge >= 0.3 is 0 Å². The Morgan fingerprint density at radius 1 is 1.09 bits per heavy atom. The second-order valence-corrected chi connectivity index (χ2v) is 14.4. The maximum atomic E-state index is 10.5. The van der Waals surface area contributed by atoms with E-state index in [9.17, 15) is 5.11 Å². The predicted octanol–water partition coefficient (Wildman–Crippen LogP) is 6.77. The van der Waals surface area contributed by atoms with E-state index < -0.39 is 0 Å². The highest BCUT2D eigenvalue weighted by molar-refractivity contribution is 9.10. The molecule has 0 bridgehead atoms. The van der Waals surface area contributed by atoms with Gasteiger partial charge in [0.1, 0.15) is 34.4 Å². The van der Waals surface area contributed by atoms with Gasteiger partial charge in [-0.05, 0) is 76.0 Å². The molecule has 0 saturated heterocycles. The molecule has 9 heteroatoms. The minimum atomic E-state index is -0.311. The van der Waals surface area contributed by atoms with E-state index in [1.807, 2.05) is 42.1 Å². The SMILES string of the molecule is COc1ccc(CS[C@@H]2C/C(=N/OCc3ccccc3)CC3Oc4c(Br)c(OCC5CC5)cc5c4C32C[C@@H](CO)NC5)cc1. The molecule has 7 rings (SSSR count). The lowest BCUT2D eigenvalue weighted by Gasteiger charge is -2.45. The van der Waals surface area contributed by atoms with E-state index in [0.29, 0.717) is 25.5 Å². The lowest BCUT2D eigenvalue weighted by Crippen LogP contribution is -2.54. The molecule has 232 valence electrons. The zero-order valence-corrected chi connectivity index (χ0v) is 27.4. The fraction of sp³-hybridized carbons (Fsp3) is 0.457. The van der Waals surface area contributed by atoms with Gasteiger partial charge in [0, 0.05) is 42.0 Å². The van der Waals surface area contributed by atoms with Crippen molar-refractivity contribution in [1.29, 1.82) is 0 Å². The fourth-order valence-electron chi connectivity index (χ4n) is 6.91. The normalized spacial score (nSPS) is 26.3. The second kappa shape index (κ2) is 12.9. The summed E-state index contributed by atoms with van der Waals surface area (Å²) in [6, 6.07) is 20.6. The Kier molecular flexibility index (Phi) is 8.82. The zero-order chi connectivity index (χ0) is 30.1. The first-order chi connectivity index (χ1) is 21.6. The highest BCUT2D eigenvalue weighted by Gasteiger charge is 2.60. The van der Waals surface area contributed by atoms with Crippen LogP contribution in [0.2, 0.25) is 0 Å². The molecule has 2 saturated carbocycles. The number of hydrogen-bond donors (Lipinski definition) is 2. The topological polar surface area (TPSA) is 81.5 Å². The van der Waals surface area contributed by atoms with Gasteiger partial charge in [0.15, 0.2) is 0 Å². The van der Waals surface area contributed by atoms with Crippen LogP contribution in [0.15, 0.2) is 70.3 Å². The molecular formula is C35H39BrN2O5S. The standard InChI is InChI=1S/C35H39BrN2O5S/c1-40-28-11-9-24(10-12-28)21-44-31-15-26(38-42-20-22-5-3-2-4-6-22)14-30-35(31)16-27(18-39)37-17-25-13-29(41-19-23-7-8-23)33(36)34(43-30)32(25)35/h2-6,9-13,23,27,30-31,37,39H,7-8,14-21H2,1H3/b38-26+/t27-,30?,31+,35?/m0/s1. The summed E-state index contributed by atoms with van der Waals surface area (Å²) in [5.74, 6) is 4.07. The zero-order valence-electron chi connectivity index (χ0n) is 25.0. The number of halogens is 1. The second-order valence-electron chi connectivity index (χ2n) is 12.4. The van der Waals surface area contributed by atoms with Crippen LogP contribution in [0.1, 0.15) is 54.4 Å². The number of nitrogens with one attached hydrogen (secondary N) is 1. The molecule has 4 atom stereocenters. The predicted molar refractivity (Wildman–Crippen MR) is 177 cm³/mol. The molecule has 3 aromatic carbocycles. The summed E-state index contributed by atoms with van der Waals surface area (Å²) in [5.41, 5.74) is 5.48. The maximum absolute atomic E-state index is 10.5. The molecule has 2 fully saturated rings. The van der Waals surface area contributed by atoms with Gasteiger partial charge in [-0.15, -0.1) is 0 Å². The molecule has 1 spiro atoms. The summed E-state index contributed by atoms with van der Waals surface area (Å²) in [4.78, 5) is 5.92. The van der Waals surface area contributed by atoms with Gasteiger partial charge < -0.3 is 29.5 Å². The largest absolute Gasteiger partial charge is 0.497 e. The van der Waals surface area contributed by atoms with Crippen LogP contribution in [0.3, 0.4) is 0 Å². The van der Waals surface area contributed by atoms with Crippen LogP contribution in [0, 0.1) is 5.92 Å². The Morgan fingerprint density at radius 3 is 2.66 bits per heavy atom. The number of thioether (sulfide) groups is 1. The molecule has 4 aliphatic rings. The molecule has 44 heavy (non-hydrogen) atoms. The van der Waals surface area contributed by atoms with Crippen molar-refractivity contribution in [2.24, 2.45) is 11.1 Å². The summed E-state index contributed by atoms with van der Waals surface area (Å²) in [6.07, 6.45) is 4.56. The van der Waals surface area contributed by atoms with Crippen LogP contribution in [-0.4, -0.2) is 48.5 Å². The van der Waals surface area contributed by atoms with Crippen molar-refractivity contribution in [2.45, 2.75) is 73.8 Å². The number of methoxy groups -OCH3 is 1. The summed E-state index contributed by atoms with van der Waals surface area (Å²) in [5, 5.41) is 19.0. The lowest BCUT2D eigenvalue weighted by molar-refractivity contribution is 0.101. The Morgan fingerprint density at radius 2 is 1.91 bits per heavy atom. The number of rotatable bonds is 11. The van der Waals surface area contributed by atoms with E-state index in [4.69, 9.17) is 24.2 Å². The first-order valence-electron chi connectivity index (χ1n) is 15.5. The molecule has 7 nitrogen and oxygen atoms in total. The molecule has 2 heterocycles. The Hall–Kier alpha value is -2.72. The number of benzene rings is 3. The molecule has 3 aromatic rings. The molecule has 2 aliphatic heterocycles. The molecule has 2 unspecified atom stereocenters. The minimum Gasteiger partial charge on any atom is -0.497 e. The third kappa shape index (κ3) is 5.96. The molecule has 0 aromatic heterocycles. The van der Waals surface area contributed by atoms with Crippen LogP contribution in [0.5, 0.6) is 17.2 Å². The van der Waals surface area contributed by atoms with Crippen molar-refractivity contribution >= 4 is 33.4 Å². The monoisotopic (exact) mass is 678 g/mol. The van der Waals surface area contributed by atoms with E-state index in [1.165, 1.54) is 29.5 Å². The van der Waals surface area contributed by atoms with Crippen LogP contribution >= 0.6 is 27.7 Å². The summed E-state index contributed by atoms with van der Waals surface area (Å²) < 4.78 is 19.6. The van der Waals surface area contributed by atoms with E-state index in [2.05, 4.69) is 51.6 Å². The van der Waals surface area contributed by atoms with E-state index in [-0.39, 0.29) is 29.4 Å².